The molecule has 1 aromatic heterocycles. The first kappa shape index (κ1) is 17.4. The molecule has 126 valence electrons. The van der Waals surface area contributed by atoms with Crippen molar-refractivity contribution in [1.29, 1.82) is 0 Å². The van der Waals surface area contributed by atoms with Gasteiger partial charge in [-0.1, -0.05) is 13.3 Å². The van der Waals surface area contributed by atoms with E-state index in [1.54, 1.807) is 0 Å². The minimum atomic E-state index is -3.05. The maximum atomic E-state index is 12.2. The number of carbonyl (C=O) groups excluding carboxylic acids is 2. The van der Waals surface area contributed by atoms with Gasteiger partial charge < -0.3 is 10.6 Å². The van der Waals surface area contributed by atoms with Gasteiger partial charge in [-0.2, -0.15) is 0 Å². The number of aromatic nitrogens is 1. The Morgan fingerprint density at radius 1 is 1.26 bits per heavy atom. The second-order valence-electron chi connectivity index (χ2n) is 5.65. The highest BCUT2D eigenvalue weighted by Crippen LogP contribution is 2.12. The van der Waals surface area contributed by atoms with E-state index in [0.717, 1.165) is 12.8 Å². The minimum Gasteiger partial charge on any atom is -0.352 e. The molecule has 2 rings (SSSR count). The maximum Gasteiger partial charge on any atom is 0.253 e. The van der Waals surface area contributed by atoms with E-state index < -0.39 is 15.7 Å². The average Bonchev–Trinajstić information content (AvgIpc) is 2.86. The molecule has 0 bridgehead atoms. The molecule has 0 spiro atoms. The lowest BCUT2D eigenvalue weighted by Crippen LogP contribution is -2.35. The monoisotopic (exact) mass is 339 g/mol. The Hall–Kier alpha value is -1.96. The summed E-state index contributed by atoms with van der Waals surface area (Å²) in [6.07, 6.45) is 5.04. The fourth-order valence-corrected chi connectivity index (χ4v) is 4.02. The number of hydrogen-bond donors (Lipinski definition) is 2. The fourth-order valence-electron chi connectivity index (χ4n) is 2.35. The second kappa shape index (κ2) is 7.54. The zero-order chi connectivity index (χ0) is 16.9. The van der Waals surface area contributed by atoms with Crippen molar-refractivity contribution in [3.63, 3.8) is 0 Å². The van der Waals surface area contributed by atoms with Crippen LogP contribution >= 0.6 is 0 Å². The highest BCUT2D eigenvalue weighted by atomic mass is 32.2. The molecule has 2 heterocycles. The normalized spacial score (nSPS) is 19.3. The van der Waals surface area contributed by atoms with Gasteiger partial charge in [-0.25, -0.2) is 8.42 Å². The summed E-state index contributed by atoms with van der Waals surface area (Å²) in [5, 5.41) is 5.44. The van der Waals surface area contributed by atoms with Crippen molar-refractivity contribution in [3.05, 3.63) is 29.6 Å². The molecule has 0 saturated carbocycles. The van der Waals surface area contributed by atoms with Crippen LogP contribution in [0.1, 0.15) is 46.9 Å². The Labute approximate surface area is 135 Å². The number of rotatable bonds is 6. The Bertz CT molecular complexity index is 688. The van der Waals surface area contributed by atoms with Crippen LogP contribution < -0.4 is 10.6 Å². The first-order chi connectivity index (χ1) is 10.9. The zero-order valence-electron chi connectivity index (χ0n) is 13.0. The molecule has 8 heteroatoms. The summed E-state index contributed by atoms with van der Waals surface area (Å²) in [5.74, 6) is -0.633. The predicted octanol–water partition coefficient (Wildman–Crippen LogP) is 0.528. The van der Waals surface area contributed by atoms with E-state index in [1.165, 1.54) is 18.5 Å². The smallest absolute Gasteiger partial charge is 0.253 e. The predicted molar refractivity (Wildman–Crippen MR) is 86.0 cm³/mol. The number of hydrogen-bond acceptors (Lipinski definition) is 5. The van der Waals surface area contributed by atoms with Crippen LogP contribution in [-0.2, 0) is 9.84 Å². The van der Waals surface area contributed by atoms with Gasteiger partial charge in [0.2, 0.25) is 0 Å². The minimum absolute atomic E-state index is 0.0383. The summed E-state index contributed by atoms with van der Waals surface area (Å²) < 4.78 is 22.8. The third kappa shape index (κ3) is 5.02. The highest BCUT2D eigenvalue weighted by Gasteiger charge is 2.29. The molecular formula is C15H21N3O4S. The lowest BCUT2D eigenvalue weighted by atomic mass is 10.1. The number of pyridine rings is 1. The summed E-state index contributed by atoms with van der Waals surface area (Å²) in [4.78, 5) is 28.0. The van der Waals surface area contributed by atoms with Crippen LogP contribution in [-0.4, -0.2) is 49.3 Å². The number of carbonyl (C=O) groups is 2. The first-order valence-corrected chi connectivity index (χ1v) is 9.48. The summed E-state index contributed by atoms with van der Waals surface area (Å²) in [6, 6.07) is 1.09. The van der Waals surface area contributed by atoms with Gasteiger partial charge in [0.25, 0.3) is 11.8 Å². The Kier molecular flexibility index (Phi) is 5.70. The lowest BCUT2D eigenvalue weighted by molar-refractivity contribution is 0.0940. The fraction of sp³-hybridized carbons (Fsp3) is 0.533. The Morgan fingerprint density at radius 2 is 1.96 bits per heavy atom. The summed E-state index contributed by atoms with van der Waals surface area (Å²) in [5.41, 5.74) is 0.560. The lowest BCUT2D eigenvalue weighted by Gasteiger charge is -2.11. The average molecular weight is 339 g/mol. The van der Waals surface area contributed by atoms with Crippen LogP contribution in [0, 0.1) is 0 Å². The number of unbranched alkanes of at least 4 members (excludes halogenated alkanes) is 1. The zero-order valence-corrected chi connectivity index (χ0v) is 13.9. The molecule has 1 saturated heterocycles. The van der Waals surface area contributed by atoms with Crippen molar-refractivity contribution in [2.24, 2.45) is 0 Å². The molecule has 1 aromatic rings. The van der Waals surface area contributed by atoms with Gasteiger partial charge in [0.15, 0.2) is 9.84 Å². The van der Waals surface area contributed by atoms with Crippen molar-refractivity contribution in [1.82, 2.24) is 15.6 Å². The molecule has 1 unspecified atom stereocenters. The van der Waals surface area contributed by atoms with E-state index in [1.807, 2.05) is 6.92 Å². The van der Waals surface area contributed by atoms with Crippen LogP contribution in [0.3, 0.4) is 0 Å². The third-order valence-corrected chi connectivity index (χ3v) is 5.41. The molecule has 2 amide bonds. The molecule has 1 atom stereocenters. The van der Waals surface area contributed by atoms with Crippen LogP contribution in [0.4, 0.5) is 0 Å². The van der Waals surface area contributed by atoms with Crippen LogP contribution in [0.25, 0.3) is 0 Å². The van der Waals surface area contributed by atoms with Gasteiger partial charge in [0.05, 0.1) is 22.6 Å². The quantitative estimate of drug-likeness (QED) is 0.736. The summed E-state index contributed by atoms with van der Waals surface area (Å²) >= 11 is 0. The van der Waals surface area contributed by atoms with Crippen LogP contribution in [0.15, 0.2) is 18.5 Å². The number of nitrogens with zero attached hydrogens (tertiary/aromatic N) is 1. The van der Waals surface area contributed by atoms with Crippen molar-refractivity contribution in [2.45, 2.75) is 32.2 Å². The Morgan fingerprint density at radius 3 is 2.57 bits per heavy atom. The molecule has 1 aliphatic rings. The van der Waals surface area contributed by atoms with Gasteiger partial charge in [0, 0.05) is 25.0 Å². The molecule has 0 radical (unpaired) electrons. The molecule has 0 aromatic carbocycles. The highest BCUT2D eigenvalue weighted by molar-refractivity contribution is 7.91. The van der Waals surface area contributed by atoms with E-state index in [9.17, 15) is 18.0 Å². The number of sulfone groups is 1. The van der Waals surface area contributed by atoms with Gasteiger partial charge >= 0.3 is 0 Å². The van der Waals surface area contributed by atoms with Gasteiger partial charge in [-0.15, -0.1) is 0 Å². The van der Waals surface area contributed by atoms with Crippen LogP contribution in [0.5, 0.6) is 0 Å². The summed E-state index contributed by atoms with van der Waals surface area (Å²) in [7, 11) is -3.05. The maximum absolute atomic E-state index is 12.2. The van der Waals surface area contributed by atoms with E-state index in [-0.39, 0.29) is 29.0 Å². The van der Waals surface area contributed by atoms with Gasteiger partial charge in [0.1, 0.15) is 0 Å². The molecule has 1 aliphatic heterocycles. The van der Waals surface area contributed by atoms with E-state index in [4.69, 9.17) is 0 Å². The van der Waals surface area contributed by atoms with E-state index >= 15 is 0 Å². The largest absolute Gasteiger partial charge is 0.352 e. The van der Waals surface area contributed by atoms with Crippen LogP contribution in [0.2, 0.25) is 0 Å². The second-order valence-corrected chi connectivity index (χ2v) is 7.87. The van der Waals surface area contributed by atoms with E-state index in [2.05, 4.69) is 15.6 Å². The molecule has 7 nitrogen and oxygen atoms in total. The molecule has 2 N–H and O–H groups in total. The van der Waals surface area contributed by atoms with Crippen molar-refractivity contribution >= 4 is 21.7 Å². The number of nitrogens with one attached hydrogen (secondary N) is 2. The van der Waals surface area contributed by atoms with Crippen molar-refractivity contribution < 1.29 is 18.0 Å². The molecular weight excluding hydrogens is 318 g/mol. The van der Waals surface area contributed by atoms with Crippen molar-refractivity contribution in [3.8, 4) is 0 Å². The Balaban J connectivity index is 1.98. The number of amides is 2. The third-order valence-electron chi connectivity index (χ3n) is 3.65. The van der Waals surface area contributed by atoms with E-state index in [0.29, 0.717) is 18.5 Å². The standard InChI is InChI=1S/C15H21N3O4S/c1-2-3-5-17-14(19)11-7-12(9-16-8-11)15(20)18-13-4-6-23(21,22)10-13/h7-9,13H,2-6,10H2,1H3,(H,17,19)(H,18,20). The topological polar surface area (TPSA) is 105 Å². The summed E-state index contributed by atoms with van der Waals surface area (Å²) in [6.45, 7) is 2.60. The van der Waals surface area contributed by atoms with Crippen molar-refractivity contribution in [2.75, 3.05) is 18.1 Å². The molecule has 23 heavy (non-hydrogen) atoms. The van der Waals surface area contributed by atoms with Gasteiger partial charge in [-0.05, 0) is 18.9 Å². The molecule has 0 aliphatic carbocycles. The van der Waals surface area contributed by atoms with Gasteiger partial charge in [-0.3, -0.25) is 14.6 Å². The SMILES string of the molecule is CCCCNC(=O)c1cncc(C(=O)NC2CCS(=O)(=O)C2)c1. The first-order valence-electron chi connectivity index (χ1n) is 7.66. The molecule has 1 fully saturated rings.